The summed E-state index contributed by atoms with van der Waals surface area (Å²) >= 11 is 1.22. The summed E-state index contributed by atoms with van der Waals surface area (Å²) in [6.45, 7) is 1.99. The number of amides is 1. The molecule has 4 nitrogen and oxygen atoms in total. The highest BCUT2D eigenvalue weighted by atomic mass is 32.2. The molecule has 0 bridgehead atoms. The molecule has 7 heteroatoms. The predicted octanol–water partition coefficient (Wildman–Crippen LogP) is 4.19. The van der Waals surface area contributed by atoms with Crippen LogP contribution in [-0.4, -0.2) is 21.2 Å². The molecule has 2 aromatic carbocycles. The van der Waals surface area contributed by atoms with E-state index in [2.05, 4.69) is 10.3 Å². The Morgan fingerprint density at radius 2 is 2.04 bits per heavy atom. The molecule has 0 radical (unpaired) electrons. The van der Waals surface area contributed by atoms with Crippen molar-refractivity contribution in [3.05, 3.63) is 72.1 Å². The molecule has 0 saturated heterocycles. The van der Waals surface area contributed by atoms with Gasteiger partial charge in [0, 0.05) is 18.5 Å². The van der Waals surface area contributed by atoms with Gasteiger partial charge in [0.25, 0.3) is 0 Å². The summed E-state index contributed by atoms with van der Waals surface area (Å²) in [5.74, 6) is -1.70. The fourth-order valence-corrected chi connectivity index (χ4v) is 3.09. The number of anilines is 1. The van der Waals surface area contributed by atoms with Crippen LogP contribution in [0.5, 0.6) is 0 Å². The molecule has 3 rings (SSSR count). The number of carbonyl (C=O) groups excluding carboxylic acids is 1. The van der Waals surface area contributed by atoms with Crippen LogP contribution in [0.2, 0.25) is 0 Å². The molecule has 0 aliphatic rings. The van der Waals surface area contributed by atoms with E-state index >= 15 is 0 Å². The van der Waals surface area contributed by atoms with Gasteiger partial charge in [-0.1, -0.05) is 30.0 Å². The zero-order valence-corrected chi connectivity index (χ0v) is 14.2. The number of halogens is 2. The van der Waals surface area contributed by atoms with Crippen molar-refractivity contribution in [1.82, 2.24) is 9.55 Å². The number of hydrogen-bond donors (Lipinski definition) is 1. The first-order valence-electron chi connectivity index (χ1n) is 7.51. The summed E-state index contributed by atoms with van der Waals surface area (Å²) in [6, 6.07) is 10.8. The van der Waals surface area contributed by atoms with Crippen LogP contribution in [0.15, 0.2) is 60.0 Å². The standard InChI is InChI=1S/C18H15F2N3OS/c1-12-4-2-3-5-16(12)23-9-8-21-18(23)25-11-17(24)22-15-10-13(19)6-7-14(15)20/h2-10H,11H2,1H3,(H,22,24). The summed E-state index contributed by atoms with van der Waals surface area (Å²) in [5.41, 5.74) is 1.88. The molecule has 0 spiro atoms. The first kappa shape index (κ1) is 17.2. The first-order valence-corrected chi connectivity index (χ1v) is 8.50. The van der Waals surface area contributed by atoms with Crippen molar-refractivity contribution in [2.24, 2.45) is 0 Å². The van der Waals surface area contributed by atoms with Crippen LogP contribution < -0.4 is 5.32 Å². The number of nitrogens with zero attached hydrogens (tertiary/aromatic N) is 2. The maximum atomic E-state index is 13.6. The number of aryl methyl sites for hydroxylation is 1. The normalized spacial score (nSPS) is 10.7. The third kappa shape index (κ3) is 4.06. The third-order valence-electron chi connectivity index (χ3n) is 3.52. The van der Waals surface area contributed by atoms with E-state index in [4.69, 9.17) is 0 Å². The molecule has 1 N–H and O–H groups in total. The quantitative estimate of drug-likeness (QED) is 0.695. The van der Waals surface area contributed by atoms with Crippen molar-refractivity contribution in [2.75, 3.05) is 11.1 Å². The Bertz CT molecular complexity index is 911. The summed E-state index contributed by atoms with van der Waals surface area (Å²) in [4.78, 5) is 16.3. The first-order chi connectivity index (χ1) is 12.0. The van der Waals surface area contributed by atoms with Crippen molar-refractivity contribution in [1.29, 1.82) is 0 Å². The maximum absolute atomic E-state index is 13.6. The lowest BCUT2D eigenvalue weighted by Gasteiger charge is -2.10. The molecule has 25 heavy (non-hydrogen) atoms. The molecule has 0 unspecified atom stereocenters. The van der Waals surface area contributed by atoms with E-state index in [0.717, 1.165) is 29.4 Å². The molecule has 0 aliphatic carbocycles. The number of nitrogens with one attached hydrogen (secondary N) is 1. The molecule has 0 fully saturated rings. The molecule has 1 heterocycles. The van der Waals surface area contributed by atoms with Gasteiger partial charge in [0.2, 0.25) is 5.91 Å². The van der Waals surface area contributed by atoms with Gasteiger partial charge in [-0.2, -0.15) is 0 Å². The largest absolute Gasteiger partial charge is 0.323 e. The lowest BCUT2D eigenvalue weighted by molar-refractivity contribution is -0.113. The highest BCUT2D eigenvalue weighted by Crippen LogP contribution is 2.23. The molecule has 0 aliphatic heterocycles. The van der Waals surface area contributed by atoms with E-state index < -0.39 is 17.5 Å². The average molecular weight is 359 g/mol. The van der Waals surface area contributed by atoms with Crippen LogP contribution in [0.3, 0.4) is 0 Å². The maximum Gasteiger partial charge on any atom is 0.234 e. The van der Waals surface area contributed by atoms with Gasteiger partial charge in [0.05, 0.1) is 17.1 Å². The van der Waals surface area contributed by atoms with Crippen molar-refractivity contribution < 1.29 is 13.6 Å². The number of hydrogen-bond acceptors (Lipinski definition) is 3. The molecule has 128 valence electrons. The molecule has 1 amide bonds. The number of rotatable bonds is 5. The Balaban J connectivity index is 1.69. The number of benzene rings is 2. The van der Waals surface area contributed by atoms with Crippen LogP contribution in [0.4, 0.5) is 14.5 Å². The van der Waals surface area contributed by atoms with Crippen LogP contribution in [0, 0.1) is 18.6 Å². The zero-order chi connectivity index (χ0) is 17.8. The molecule has 0 saturated carbocycles. The van der Waals surface area contributed by atoms with E-state index in [-0.39, 0.29) is 11.4 Å². The second kappa shape index (κ2) is 7.48. The van der Waals surface area contributed by atoms with E-state index in [0.29, 0.717) is 5.16 Å². The minimum Gasteiger partial charge on any atom is -0.323 e. The molecular formula is C18H15F2N3OS. The minimum atomic E-state index is -0.679. The molecule has 3 aromatic rings. The number of carbonyl (C=O) groups is 1. The SMILES string of the molecule is Cc1ccccc1-n1ccnc1SCC(=O)Nc1cc(F)ccc1F. The Morgan fingerprint density at radius 3 is 2.84 bits per heavy atom. The Kier molecular flexibility index (Phi) is 5.14. The van der Waals surface area contributed by atoms with Crippen molar-refractivity contribution in [3.63, 3.8) is 0 Å². The van der Waals surface area contributed by atoms with E-state index in [1.165, 1.54) is 11.8 Å². The summed E-state index contributed by atoms with van der Waals surface area (Å²) in [7, 11) is 0. The Hall–Kier alpha value is -2.67. The van der Waals surface area contributed by atoms with Crippen molar-refractivity contribution in [3.8, 4) is 5.69 Å². The van der Waals surface area contributed by atoms with Gasteiger partial charge < -0.3 is 5.32 Å². The predicted molar refractivity (Wildman–Crippen MR) is 94.0 cm³/mol. The highest BCUT2D eigenvalue weighted by molar-refractivity contribution is 7.99. The van der Waals surface area contributed by atoms with Gasteiger partial charge in [-0.05, 0) is 30.7 Å². The van der Waals surface area contributed by atoms with Gasteiger partial charge in [-0.15, -0.1) is 0 Å². The number of para-hydroxylation sites is 1. The minimum absolute atomic E-state index is 0.0266. The van der Waals surface area contributed by atoms with Gasteiger partial charge in [0.1, 0.15) is 11.6 Å². The number of thioether (sulfide) groups is 1. The molecule has 0 atom stereocenters. The van der Waals surface area contributed by atoms with Crippen LogP contribution >= 0.6 is 11.8 Å². The van der Waals surface area contributed by atoms with Crippen LogP contribution in [-0.2, 0) is 4.79 Å². The monoisotopic (exact) mass is 359 g/mol. The van der Waals surface area contributed by atoms with Crippen molar-refractivity contribution >= 4 is 23.4 Å². The smallest absolute Gasteiger partial charge is 0.234 e. The lowest BCUT2D eigenvalue weighted by atomic mass is 10.2. The topological polar surface area (TPSA) is 46.9 Å². The summed E-state index contributed by atoms with van der Waals surface area (Å²) < 4.78 is 28.6. The number of aromatic nitrogens is 2. The fourth-order valence-electron chi connectivity index (χ4n) is 2.32. The van der Waals surface area contributed by atoms with Gasteiger partial charge >= 0.3 is 0 Å². The van der Waals surface area contributed by atoms with E-state index in [1.54, 1.807) is 6.20 Å². The second-order valence-electron chi connectivity index (χ2n) is 5.33. The Morgan fingerprint density at radius 1 is 1.24 bits per heavy atom. The second-order valence-corrected chi connectivity index (χ2v) is 6.27. The zero-order valence-electron chi connectivity index (χ0n) is 13.4. The van der Waals surface area contributed by atoms with Gasteiger partial charge in [-0.25, -0.2) is 13.8 Å². The fraction of sp³-hybridized carbons (Fsp3) is 0.111. The average Bonchev–Trinajstić information content (AvgIpc) is 3.05. The van der Waals surface area contributed by atoms with Gasteiger partial charge in [-0.3, -0.25) is 9.36 Å². The van der Waals surface area contributed by atoms with Crippen LogP contribution in [0.1, 0.15) is 5.56 Å². The Labute approximate surface area is 147 Å². The van der Waals surface area contributed by atoms with E-state index in [1.807, 2.05) is 42.0 Å². The summed E-state index contributed by atoms with van der Waals surface area (Å²) in [6.07, 6.45) is 3.47. The number of imidazole rings is 1. The third-order valence-corrected chi connectivity index (χ3v) is 4.48. The molecule has 1 aromatic heterocycles. The highest BCUT2D eigenvalue weighted by Gasteiger charge is 2.12. The van der Waals surface area contributed by atoms with Crippen LogP contribution in [0.25, 0.3) is 5.69 Å². The summed E-state index contributed by atoms with van der Waals surface area (Å²) in [5, 5.41) is 3.02. The van der Waals surface area contributed by atoms with E-state index in [9.17, 15) is 13.6 Å². The van der Waals surface area contributed by atoms with Gasteiger partial charge in [0.15, 0.2) is 5.16 Å². The molecular weight excluding hydrogens is 344 g/mol. The lowest BCUT2D eigenvalue weighted by Crippen LogP contribution is -2.15. The van der Waals surface area contributed by atoms with Crippen molar-refractivity contribution in [2.45, 2.75) is 12.1 Å².